The SMILES string of the molecule is CCc1ccc(CNC(=O)c2cccc3c2CCCN3)s1. The second kappa shape index (κ2) is 6.31. The summed E-state index contributed by atoms with van der Waals surface area (Å²) in [5, 5.41) is 6.41. The molecule has 0 bridgehead atoms. The van der Waals surface area contributed by atoms with E-state index < -0.39 is 0 Å². The van der Waals surface area contributed by atoms with E-state index in [0.717, 1.165) is 42.6 Å². The minimum atomic E-state index is 0.0296. The summed E-state index contributed by atoms with van der Waals surface area (Å²) in [4.78, 5) is 15.0. The third-order valence-electron chi connectivity index (χ3n) is 3.83. The zero-order chi connectivity index (χ0) is 14.7. The number of fused-ring (bicyclic) bond motifs is 1. The van der Waals surface area contributed by atoms with Crippen molar-refractivity contribution in [2.24, 2.45) is 0 Å². The molecule has 0 unspecified atom stereocenters. The van der Waals surface area contributed by atoms with Crippen molar-refractivity contribution in [3.63, 3.8) is 0 Å². The first-order valence-electron chi connectivity index (χ1n) is 7.49. The molecule has 0 saturated heterocycles. The van der Waals surface area contributed by atoms with Crippen LogP contribution in [0.1, 0.15) is 39.0 Å². The number of anilines is 1. The molecule has 0 fully saturated rings. The first-order chi connectivity index (χ1) is 10.3. The molecule has 3 nitrogen and oxygen atoms in total. The van der Waals surface area contributed by atoms with E-state index in [4.69, 9.17) is 0 Å². The minimum Gasteiger partial charge on any atom is -0.385 e. The number of thiophene rings is 1. The summed E-state index contributed by atoms with van der Waals surface area (Å²) in [5.41, 5.74) is 3.08. The molecule has 0 atom stereocenters. The third-order valence-corrected chi connectivity index (χ3v) is 5.06. The molecule has 1 aliphatic rings. The molecule has 110 valence electrons. The van der Waals surface area contributed by atoms with Gasteiger partial charge in [-0.15, -0.1) is 11.3 Å². The quantitative estimate of drug-likeness (QED) is 0.906. The number of aryl methyl sites for hydroxylation is 1. The molecule has 1 aromatic heterocycles. The van der Waals surface area contributed by atoms with Crippen LogP contribution in [0.2, 0.25) is 0 Å². The largest absolute Gasteiger partial charge is 0.385 e. The van der Waals surface area contributed by atoms with Gasteiger partial charge in [0.25, 0.3) is 5.91 Å². The molecule has 1 aliphatic heterocycles. The van der Waals surface area contributed by atoms with Gasteiger partial charge in [-0.3, -0.25) is 4.79 Å². The molecule has 0 radical (unpaired) electrons. The van der Waals surface area contributed by atoms with E-state index in [9.17, 15) is 4.79 Å². The number of hydrogen-bond acceptors (Lipinski definition) is 3. The van der Waals surface area contributed by atoms with Crippen molar-refractivity contribution in [3.8, 4) is 0 Å². The average molecular weight is 300 g/mol. The van der Waals surface area contributed by atoms with Crippen molar-refractivity contribution in [1.29, 1.82) is 0 Å². The Morgan fingerprint density at radius 3 is 2.95 bits per heavy atom. The van der Waals surface area contributed by atoms with Gasteiger partial charge in [0.2, 0.25) is 0 Å². The van der Waals surface area contributed by atoms with Gasteiger partial charge in [0.1, 0.15) is 0 Å². The Labute approximate surface area is 129 Å². The Hall–Kier alpha value is -1.81. The molecule has 0 saturated carbocycles. The summed E-state index contributed by atoms with van der Waals surface area (Å²) in [7, 11) is 0. The fourth-order valence-corrected chi connectivity index (χ4v) is 3.59. The van der Waals surface area contributed by atoms with Gasteiger partial charge in [-0.2, -0.15) is 0 Å². The van der Waals surface area contributed by atoms with E-state index >= 15 is 0 Å². The molecule has 21 heavy (non-hydrogen) atoms. The van der Waals surface area contributed by atoms with E-state index in [1.54, 1.807) is 11.3 Å². The zero-order valence-corrected chi connectivity index (χ0v) is 13.1. The molecule has 0 aliphatic carbocycles. The Morgan fingerprint density at radius 2 is 2.14 bits per heavy atom. The second-order valence-corrected chi connectivity index (χ2v) is 6.52. The van der Waals surface area contributed by atoms with Gasteiger partial charge in [0.15, 0.2) is 0 Å². The lowest BCUT2D eigenvalue weighted by Gasteiger charge is -2.20. The highest BCUT2D eigenvalue weighted by Crippen LogP contribution is 2.25. The summed E-state index contributed by atoms with van der Waals surface area (Å²) in [6.45, 7) is 3.76. The van der Waals surface area contributed by atoms with Gasteiger partial charge in [-0.05, 0) is 49.1 Å². The first kappa shape index (κ1) is 14.1. The molecule has 2 N–H and O–H groups in total. The number of carbonyl (C=O) groups excluding carboxylic acids is 1. The van der Waals surface area contributed by atoms with Gasteiger partial charge >= 0.3 is 0 Å². The smallest absolute Gasteiger partial charge is 0.251 e. The van der Waals surface area contributed by atoms with Gasteiger partial charge in [0, 0.05) is 27.5 Å². The normalized spacial score (nSPS) is 13.4. The lowest BCUT2D eigenvalue weighted by atomic mass is 9.97. The van der Waals surface area contributed by atoms with Crippen molar-refractivity contribution in [3.05, 3.63) is 51.2 Å². The molecule has 0 spiro atoms. The van der Waals surface area contributed by atoms with Crippen molar-refractivity contribution >= 4 is 22.9 Å². The Morgan fingerprint density at radius 1 is 1.29 bits per heavy atom. The highest BCUT2D eigenvalue weighted by Gasteiger charge is 2.17. The lowest BCUT2D eigenvalue weighted by molar-refractivity contribution is 0.0950. The van der Waals surface area contributed by atoms with Gasteiger partial charge < -0.3 is 10.6 Å². The maximum atomic E-state index is 12.4. The Bertz CT molecular complexity index is 648. The monoisotopic (exact) mass is 300 g/mol. The maximum absolute atomic E-state index is 12.4. The summed E-state index contributed by atoms with van der Waals surface area (Å²) < 4.78 is 0. The van der Waals surface area contributed by atoms with Crippen molar-refractivity contribution in [2.45, 2.75) is 32.7 Å². The van der Waals surface area contributed by atoms with Crippen LogP contribution in [-0.4, -0.2) is 12.5 Å². The van der Waals surface area contributed by atoms with Crippen molar-refractivity contribution in [1.82, 2.24) is 5.32 Å². The van der Waals surface area contributed by atoms with Crippen LogP contribution in [0.3, 0.4) is 0 Å². The summed E-state index contributed by atoms with van der Waals surface area (Å²) in [6, 6.07) is 10.2. The lowest BCUT2D eigenvalue weighted by Crippen LogP contribution is -2.25. The maximum Gasteiger partial charge on any atom is 0.251 e. The van der Waals surface area contributed by atoms with Crippen LogP contribution in [-0.2, 0) is 19.4 Å². The highest BCUT2D eigenvalue weighted by atomic mass is 32.1. The number of carbonyl (C=O) groups is 1. The molecule has 3 rings (SSSR count). The van der Waals surface area contributed by atoms with E-state index in [-0.39, 0.29) is 5.91 Å². The predicted octanol–water partition coefficient (Wildman–Crippen LogP) is 3.60. The van der Waals surface area contributed by atoms with Gasteiger partial charge in [-0.1, -0.05) is 13.0 Å². The summed E-state index contributed by atoms with van der Waals surface area (Å²) in [5.74, 6) is 0.0296. The second-order valence-electron chi connectivity index (χ2n) is 5.27. The van der Waals surface area contributed by atoms with E-state index in [1.165, 1.54) is 9.75 Å². The number of rotatable bonds is 4. The number of hydrogen-bond donors (Lipinski definition) is 2. The highest BCUT2D eigenvalue weighted by molar-refractivity contribution is 7.11. The van der Waals surface area contributed by atoms with Crippen LogP contribution >= 0.6 is 11.3 Å². The number of benzene rings is 1. The Balaban J connectivity index is 1.71. The molecule has 2 aromatic rings. The van der Waals surface area contributed by atoms with Crippen molar-refractivity contribution < 1.29 is 4.79 Å². The molecular formula is C17H20N2OS. The third kappa shape index (κ3) is 3.10. The topological polar surface area (TPSA) is 41.1 Å². The molecule has 1 aromatic carbocycles. The van der Waals surface area contributed by atoms with Crippen LogP contribution in [0.25, 0.3) is 0 Å². The molecular weight excluding hydrogens is 280 g/mol. The minimum absolute atomic E-state index is 0.0296. The fraction of sp³-hybridized carbons (Fsp3) is 0.353. The molecule has 4 heteroatoms. The van der Waals surface area contributed by atoms with Crippen LogP contribution < -0.4 is 10.6 Å². The van der Waals surface area contributed by atoms with E-state index in [0.29, 0.717) is 6.54 Å². The van der Waals surface area contributed by atoms with E-state index in [1.807, 2.05) is 12.1 Å². The van der Waals surface area contributed by atoms with Gasteiger partial charge in [-0.25, -0.2) is 0 Å². The number of nitrogens with one attached hydrogen (secondary N) is 2. The average Bonchev–Trinajstić information content (AvgIpc) is 3.00. The first-order valence-corrected chi connectivity index (χ1v) is 8.31. The summed E-state index contributed by atoms with van der Waals surface area (Å²) >= 11 is 1.77. The van der Waals surface area contributed by atoms with Crippen LogP contribution in [0.4, 0.5) is 5.69 Å². The zero-order valence-electron chi connectivity index (χ0n) is 12.2. The Kier molecular flexibility index (Phi) is 4.25. The van der Waals surface area contributed by atoms with Gasteiger partial charge in [0.05, 0.1) is 6.54 Å². The van der Waals surface area contributed by atoms with E-state index in [2.05, 4.69) is 35.8 Å². The van der Waals surface area contributed by atoms with Crippen LogP contribution in [0, 0.1) is 0 Å². The number of amides is 1. The summed E-state index contributed by atoms with van der Waals surface area (Å²) in [6.07, 6.45) is 3.11. The fourth-order valence-electron chi connectivity index (χ4n) is 2.69. The van der Waals surface area contributed by atoms with Crippen LogP contribution in [0.15, 0.2) is 30.3 Å². The van der Waals surface area contributed by atoms with Crippen molar-refractivity contribution in [2.75, 3.05) is 11.9 Å². The predicted molar refractivity (Wildman–Crippen MR) is 88.1 cm³/mol. The molecule has 2 heterocycles. The molecule has 1 amide bonds. The van der Waals surface area contributed by atoms with Crippen LogP contribution in [0.5, 0.6) is 0 Å². The standard InChI is InChI=1S/C17H20N2OS/c1-2-12-8-9-13(21-12)11-19-17(20)15-5-3-7-16-14(15)6-4-10-18-16/h3,5,7-9,18H,2,4,6,10-11H2,1H3,(H,19,20).